The van der Waals surface area contributed by atoms with Crippen LogP contribution in [-0.4, -0.2) is 43.8 Å². The van der Waals surface area contributed by atoms with Crippen LogP contribution in [0.5, 0.6) is 0 Å². The van der Waals surface area contributed by atoms with Crippen LogP contribution in [0.1, 0.15) is 63.8 Å². The standard InChI is InChI=1S/C44H49FNO5PSi/c1-31(2)43-39(40(38-24-23-34(45)27-32(38)3)29-41(46-43)33-17-11-8-12-18-33)25-26-52(49,50-7)30-35(28-42(47)48)51-53(44(4,5)6,36-19-13-9-14-20-36)37-21-15-10-16-22-37/h8-27,29,31,35H,28,30H2,1-7H3,(H,47,48). The molecule has 6 nitrogen and oxygen atoms in total. The van der Waals surface area contributed by atoms with Crippen molar-refractivity contribution in [2.24, 2.45) is 0 Å². The maximum atomic E-state index is 14.8. The molecule has 4 aromatic carbocycles. The third-order valence-electron chi connectivity index (χ3n) is 9.58. The molecule has 276 valence electrons. The molecule has 2 atom stereocenters. The van der Waals surface area contributed by atoms with Crippen LogP contribution in [0.25, 0.3) is 28.5 Å². The van der Waals surface area contributed by atoms with E-state index in [2.05, 4.69) is 20.8 Å². The van der Waals surface area contributed by atoms with Gasteiger partial charge in [-0.3, -0.25) is 14.3 Å². The van der Waals surface area contributed by atoms with Crippen molar-refractivity contribution in [3.63, 3.8) is 0 Å². The van der Waals surface area contributed by atoms with Gasteiger partial charge in [-0.2, -0.15) is 0 Å². The first-order valence-electron chi connectivity index (χ1n) is 17.9. The predicted octanol–water partition coefficient (Wildman–Crippen LogP) is 10.3. The molecule has 0 fully saturated rings. The Bertz CT molecular complexity index is 2060. The van der Waals surface area contributed by atoms with Crippen molar-refractivity contribution in [2.45, 2.75) is 65.0 Å². The Labute approximate surface area is 314 Å². The van der Waals surface area contributed by atoms with Gasteiger partial charge in [0, 0.05) is 24.1 Å². The number of carboxylic acid groups (broad SMARTS) is 1. The summed E-state index contributed by atoms with van der Waals surface area (Å²) in [5.74, 6) is 0.137. The second kappa shape index (κ2) is 16.7. The van der Waals surface area contributed by atoms with E-state index in [4.69, 9.17) is 13.9 Å². The zero-order valence-corrected chi connectivity index (χ0v) is 33.4. The van der Waals surface area contributed by atoms with Crippen molar-refractivity contribution in [3.05, 3.63) is 144 Å². The lowest BCUT2D eigenvalue weighted by molar-refractivity contribution is -0.138. The van der Waals surface area contributed by atoms with Gasteiger partial charge in [0.05, 0.1) is 30.1 Å². The highest BCUT2D eigenvalue weighted by molar-refractivity contribution is 7.62. The van der Waals surface area contributed by atoms with E-state index in [-0.39, 0.29) is 24.3 Å². The number of carboxylic acids is 1. The van der Waals surface area contributed by atoms with Crippen LogP contribution in [0.4, 0.5) is 4.39 Å². The number of rotatable bonds is 14. The minimum absolute atomic E-state index is 0.0296. The van der Waals surface area contributed by atoms with E-state index in [1.165, 1.54) is 19.2 Å². The zero-order chi connectivity index (χ0) is 38.4. The second-order valence-electron chi connectivity index (χ2n) is 14.7. The van der Waals surface area contributed by atoms with Gasteiger partial charge in [-0.15, -0.1) is 0 Å². The average molecular weight is 750 g/mol. The van der Waals surface area contributed by atoms with Crippen LogP contribution < -0.4 is 10.4 Å². The maximum absolute atomic E-state index is 14.8. The first-order valence-corrected chi connectivity index (χ1v) is 21.7. The third kappa shape index (κ3) is 9.02. The summed E-state index contributed by atoms with van der Waals surface area (Å²) in [6.45, 7) is 12.3. The summed E-state index contributed by atoms with van der Waals surface area (Å²) in [4.78, 5) is 17.5. The van der Waals surface area contributed by atoms with Gasteiger partial charge in [-0.1, -0.05) is 132 Å². The Balaban J connectivity index is 1.65. The Morgan fingerprint density at radius 3 is 1.94 bits per heavy atom. The predicted molar refractivity (Wildman–Crippen MR) is 217 cm³/mol. The molecule has 2 unspecified atom stereocenters. The summed E-state index contributed by atoms with van der Waals surface area (Å²) in [5, 5.41) is 11.7. The summed E-state index contributed by atoms with van der Waals surface area (Å²) in [7, 11) is -5.51. The summed E-state index contributed by atoms with van der Waals surface area (Å²) >= 11 is 0. The number of carbonyl (C=O) groups is 1. The van der Waals surface area contributed by atoms with Gasteiger partial charge in [-0.05, 0) is 69.2 Å². The number of benzene rings is 4. The summed E-state index contributed by atoms with van der Waals surface area (Å²) < 4.78 is 42.2. The van der Waals surface area contributed by atoms with E-state index < -0.39 is 32.8 Å². The van der Waals surface area contributed by atoms with Crippen LogP contribution in [0.3, 0.4) is 0 Å². The van der Waals surface area contributed by atoms with Gasteiger partial charge < -0.3 is 14.1 Å². The fraction of sp³-hybridized carbons (Fsp3) is 0.273. The van der Waals surface area contributed by atoms with Crippen molar-refractivity contribution in [3.8, 4) is 22.4 Å². The highest BCUT2D eigenvalue weighted by Crippen LogP contribution is 2.51. The highest BCUT2D eigenvalue weighted by atomic mass is 31.2. The number of hydrogen-bond donors (Lipinski definition) is 1. The van der Waals surface area contributed by atoms with E-state index in [9.17, 15) is 18.9 Å². The molecule has 0 saturated carbocycles. The molecule has 1 N–H and O–H groups in total. The Hall–Kier alpha value is -4.46. The van der Waals surface area contributed by atoms with Crippen molar-refractivity contribution >= 4 is 38.1 Å². The molecule has 1 aromatic heterocycles. The topological polar surface area (TPSA) is 85.7 Å². The largest absolute Gasteiger partial charge is 0.481 e. The molecule has 5 rings (SSSR count). The molecule has 0 aliphatic rings. The number of hydrogen-bond acceptors (Lipinski definition) is 5. The molecule has 0 spiro atoms. The molecule has 53 heavy (non-hydrogen) atoms. The number of aryl methyl sites for hydroxylation is 1. The first-order chi connectivity index (χ1) is 25.2. The zero-order valence-electron chi connectivity index (χ0n) is 31.5. The van der Waals surface area contributed by atoms with Crippen molar-refractivity contribution in [2.75, 3.05) is 13.3 Å². The Morgan fingerprint density at radius 2 is 1.45 bits per heavy atom. The minimum atomic E-state index is -3.69. The number of pyridine rings is 1. The summed E-state index contributed by atoms with van der Waals surface area (Å²) in [6.07, 6.45) is 0.307. The molecule has 9 heteroatoms. The molecule has 5 aromatic rings. The number of halogens is 1. The molecular weight excluding hydrogens is 701 g/mol. The van der Waals surface area contributed by atoms with Gasteiger partial charge in [0.1, 0.15) is 5.82 Å². The van der Waals surface area contributed by atoms with Crippen LogP contribution in [-0.2, 0) is 18.3 Å². The summed E-state index contributed by atoms with van der Waals surface area (Å²) in [5.41, 5.74) is 5.58. The quantitative estimate of drug-likeness (QED) is 0.0899. The number of nitrogens with zero attached hydrogens (tertiary/aromatic N) is 1. The smallest absolute Gasteiger partial charge is 0.305 e. The van der Waals surface area contributed by atoms with Gasteiger partial charge in [0.25, 0.3) is 8.32 Å². The van der Waals surface area contributed by atoms with Crippen LogP contribution in [0, 0.1) is 12.7 Å². The average Bonchev–Trinajstić information content (AvgIpc) is 3.13. The normalized spacial score (nSPS) is 14.0. The fourth-order valence-electron chi connectivity index (χ4n) is 7.05. The monoisotopic (exact) mass is 749 g/mol. The van der Waals surface area contributed by atoms with Gasteiger partial charge in [-0.25, -0.2) is 4.39 Å². The van der Waals surface area contributed by atoms with E-state index in [1.54, 1.807) is 18.0 Å². The van der Waals surface area contributed by atoms with E-state index in [1.807, 2.05) is 118 Å². The van der Waals surface area contributed by atoms with Gasteiger partial charge in [0.2, 0.25) is 7.37 Å². The van der Waals surface area contributed by atoms with Crippen molar-refractivity contribution in [1.29, 1.82) is 0 Å². The first kappa shape index (κ1) is 39.7. The number of aliphatic carboxylic acids is 1. The molecule has 0 radical (unpaired) electrons. The third-order valence-corrected chi connectivity index (χ3v) is 16.8. The van der Waals surface area contributed by atoms with E-state index in [0.717, 1.165) is 49.6 Å². The second-order valence-corrected chi connectivity index (χ2v) is 21.5. The lowest BCUT2D eigenvalue weighted by Crippen LogP contribution is -2.68. The molecule has 0 aliphatic carbocycles. The lowest BCUT2D eigenvalue weighted by Gasteiger charge is -2.45. The molecule has 0 bridgehead atoms. The van der Waals surface area contributed by atoms with E-state index in [0.29, 0.717) is 0 Å². The summed E-state index contributed by atoms with van der Waals surface area (Å²) in [6, 6.07) is 36.5. The van der Waals surface area contributed by atoms with Crippen LogP contribution >= 0.6 is 7.37 Å². The molecule has 0 amide bonds. The van der Waals surface area contributed by atoms with E-state index >= 15 is 0 Å². The Morgan fingerprint density at radius 1 is 0.887 bits per heavy atom. The molecule has 0 saturated heterocycles. The SMILES string of the molecule is COP(=O)(C=Cc1c(-c2ccc(F)cc2C)cc(-c2ccccc2)nc1C(C)C)CC(CC(=O)O)O[Si](c1ccccc1)(c1ccccc1)C(C)(C)C. The van der Waals surface area contributed by atoms with Gasteiger partial charge in [0.15, 0.2) is 0 Å². The highest BCUT2D eigenvalue weighted by Gasteiger charge is 2.52. The van der Waals surface area contributed by atoms with Crippen molar-refractivity contribution in [1.82, 2.24) is 4.98 Å². The fourth-order valence-corrected chi connectivity index (χ4v) is 13.4. The van der Waals surface area contributed by atoms with Crippen LogP contribution in [0.2, 0.25) is 5.04 Å². The number of aromatic nitrogens is 1. The maximum Gasteiger partial charge on any atom is 0.305 e. The molecular formula is C44H49FNO5PSi. The molecule has 0 aliphatic heterocycles. The molecule has 1 heterocycles. The van der Waals surface area contributed by atoms with Crippen molar-refractivity contribution < 1.29 is 27.8 Å². The lowest BCUT2D eigenvalue weighted by atomic mass is 9.90. The van der Waals surface area contributed by atoms with Crippen LogP contribution in [0.15, 0.2) is 121 Å². The van der Waals surface area contributed by atoms with Gasteiger partial charge >= 0.3 is 5.97 Å². The Kier molecular flexibility index (Phi) is 12.5. The minimum Gasteiger partial charge on any atom is -0.481 e.